The van der Waals surface area contributed by atoms with Gasteiger partial charge in [0.25, 0.3) is 0 Å². The van der Waals surface area contributed by atoms with Crippen molar-refractivity contribution in [3.8, 4) is 12.1 Å². The number of halogens is 3. The summed E-state index contributed by atoms with van der Waals surface area (Å²) in [5.41, 5.74) is 9.45. The van der Waals surface area contributed by atoms with Crippen LogP contribution < -0.4 is 16.4 Å². The van der Waals surface area contributed by atoms with Crippen molar-refractivity contribution < 1.29 is 32.7 Å². The van der Waals surface area contributed by atoms with Crippen LogP contribution in [-0.4, -0.2) is 57.7 Å². The number of likely N-dealkylation sites (tertiary alicyclic amines) is 1. The summed E-state index contributed by atoms with van der Waals surface area (Å²) in [6.07, 6.45) is -1.48. The zero-order chi connectivity index (χ0) is 29.4. The molecule has 11 nitrogen and oxygen atoms in total. The van der Waals surface area contributed by atoms with E-state index in [1.807, 2.05) is 18.2 Å². The zero-order valence-corrected chi connectivity index (χ0v) is 20.8. The van der Waals surface area contributed by atoms with Gasteiger partial charge in [0, 0.05) is 35.0 Å². The molecule has 2 atom stereocenters. The lowest BCUT2D eigenvalue weighted by molar-refractivity contribution is -0.192. The van der Waals surface area contributed by atoms with Gasteiger partial charge < -0.3 is 31.4 Å². The lowest BCUT2D eigenvalue weighted by Crippen LogP contribution is -2.46. The van der Waals surface area contributed by atoms with Crippen molar-refractivity contribution in [3.05, 3.63) is 59.8 Å². The lowest BCUT2D eigenvalue weighted by atomic mass is 10.0. The third kappa shape index (κ3) is 7.49. The molecule has 2 aromatic carbocycles. The smallest absolute Gasteiger partial charge is 0.475 e. The van der Waals surface area contributed by atoms with Gasteiger partial charge in [-0.1, -0.05) is 6.07 Å². The maximum atomic E-state index is 12.8. The quantitative estimate of drug-likeness (QED) is 0.317. The predicted octanol–water partition coefficient (Wildman–Crippen LogP) is 3.70. The SMILES string of the molecule is N#Cc1cccc(NC(=O)Nc2ccc3[nH]cc(CC(N)C(=O)N4CCC[C@H]4C#N)c3c2)c1.O=C(O)C(F)(F)F. The molecule has 6 N–H and O–H groups in total. The Hall–Kier alpha value is -5.08. The van der Waals surface area contributed by atoms with E-state index in [0.29, 0.717) is 36.3 Å². The van der Waals surface area contributed by atoms with Crippen LogP contribution in [-0.2, 0) is 16.0 Å². The highest BCUT2D eigenvalue weighted by atomic mass is 19.4. The molecule has 0 bridgehead atoms. The summed E-state index contributed by atoms with van der Waals surface area (Å²) >= 11 is 0. The topological polar surface area (TPSA) is 188 Å². The summed E-state index contributed by atoms with van der Waals surface area (Å²) in [7, 11) is 0. The lowest BCUT2D eigenvalue weighted by Gasteiger charge is -2.23. The van der Waals surface area contributed by atoms with Crippen LogP contribution in [0.15, 0.2) is 48.7 Å². The Balaban J connectivity index is 0.000000559. The number of carbonyl (C=O) groups is 3. The van der Waals surface area contributed by atoms with Gasteiger partial charge in [0.1, 0.15) is 6.04 Å². The van der Waals surface area contributed by atoms with Gasteiger partial charge in [-0.15, -0.1) is 0 Å². The van der Waals surface area contributed by atoms with E-state index in [4.69, 9.17) is 20.9 Å². The summed E-state index contributed by atoms with van der Waals surface area (Å²) in [5.74, 6) is -2.98. The van der Waals surface area contributed by atoms with Gasteiger partial charge in [-0.25, -0.2) is 9.59 Å². The molecule has 1 fully saturated rings. The number of amides is 3. The van der Waals surface area contributed by atoms with Gasteiger partial charge in [-0.3, -0.25) is 4.79 Å². The molecule has 1 aromatic heterocycles. The summed E-state index contributed by atoms with van der Waals surface area (Å²) in [4.78, 5) is 38.8. The van der Waals surface area contributed by atoms with E-state index >= 15 is 0 Å². The standard InChI is InChI=1S/C24H23N7O2.C2HF3O2/c25-12-15-3-1-4-17(9-15)29-24(33)30-18-6-7-22-20(11-18)16(14-28-22)10-21(27)23(32)31-8-2-5-19(31)13-26;3-2(4,5)1(6)7/h1,3-4,6-7,9,11,14,19,21,28H,2,5,8,10,27H2,(H2,29,30,33);(H,6,7)/t19-,21?;/m0./s1. The first-order valence-corrected chi connectivity index (χ1v) is 11.9. The number of fused-ring (bicyclic) bond motifs is 1. The number of hydrogen-bond donors (Lipinski definition) is 5. The Morgan fingerprint density at radius 3 is 2.45 bits per heavy atom. The molecular weight excluding hydrogens is 531 g/mol. The molecule has 4 rings (SSSR count). The van der Waals surface area contributed by atoms with Gasteiger partial charge >= 0.3 is 18.2 Å². The molecule has 40 heavy (non-hydrogen) atoms. The van der Waals surface area contributed by atoms with Crippen LogP contribution in [0.2, 0.25) is 0 Å². The Kier molecular flexibility index (Phi) is 9.32. The van der Waals surface area contributed by atoms with Crippen molar-refractivity contribution >= 4 is 40.2 Å². The molecule has 14 heteroatoms. The van der Waals surface area contributed by atoms with Crippen molar-refractivity contribution in [1.29, 1.82) is 10.5 Å². The number of alkyl halides is 3. The van der Waals surface area contributed by atoms with Crippen LogP contribution >= 0.6 is 0 Å². The number of nitrogens with two attached hydrogens (primary N) is 1. The highest BCUT2D eigenvalue weighted by molar-refractivity contribution is 6.01. The Morgan fingerprint density at radius 1 is 1.15 bits per heavy atom. The average Bonchev–Trinajstić information content (AvgIpc) is 3.55. The zero-order valence-electron chi connectivity index (χ0n) is 20.8. The van der Waals surface area contributed by atoms with E-state index in [2.05, 4.69) is 21.7 Å². The Morgan fingerprint density at radius 2 is 1.82 bits per heavy atom. The van der Waals surface area contributed by atoms with E-state index in [9.17, 15) is 28.0 Å². The molecule has 3 amide bonds. The third-order valence-corrected chi connectivity index (χ3v) is 5.96. The maximum Gasteiger partial charge on any atom is 0.490 e. The van der Waals surface area contributed by atoms with Crippen molar-refractivity contribution in [1.82, 2.24) is 9.88 Å². The van der Waals surface area contributed by atoms with Gasteiger partial charge in [0.2, 0.25) is 5.91 Å². The number of nitrogens with one attached hydrogen (secondary N) is 3. The molecule has 0 aliphatic carbocycles. The van der Waals surface area contributed by atoms with E-state index in [1.165, 1.54) is 0 Å². The van der Waals surface area contributed by atoms with Gasteiger partial charge in [-0.2, -0.15) is 23.7 Å². The molecule has 0 radical (unpaired) electrons. The van der Waals surface area contributed by atoms with Crippen molar-refractivity contribution in [3.63, 3.8) is 0 Å². The number of aromatic nitrogens is 1. The van der Waals surface area contributed by atoms with E-state index in [-0.39, 0.29) is 5.91 Å². The second kappa shape index (κ2) is 12.6. The number of urea groups is 1. The van der Waals surface area contributed by atoms with Crippen molar-refractivity contribution in [2.75, 3.05) is 17.2 Å². The van der Waals surface area contributed by atoms with Crippen molar-refractivity contribution in [2.24, 2.45) is 5.73 Å². The van der Waals surface area contributed by atoms with Crippen LogP contribution in [0.3, 0.4) is 0 Å². The fourth-order valence-electron chi connectivity index (χ4n) is 4.09. The number of rotatable bonds is 5. The third-order valence-electron chi connectivity index (χ3n) is 5.96. The second-order valence-electron chi connectivity index (χ2n) is 8.78. The number of H-pyrrole nitrogens is 1. The number of carboxylic acid groups (broad SMARTS) is 1. The predicted molar refractivity (Wildman–Crippen MR) is 138 cm³/mol. The van der Waals surface area contributed by atoms with Crippen LogP contribution in [0.4, 0.5) is 29.3 Å². The molecule has 208 valence electrons. The minimum Gasteiger partial charge on any atom is -0.475 e. The number of hydrogen-bond acceptors (Lipinski definition) is 6. The van der Waals surface area contributed by atoms with Crippen LogP contribution in [0.1, 0.15) is 24.0 Å². The molecule has 2 heterocycles. The number of aromatic amines is 1. The fourth-order valence-corrected chi connectivity index (χ4v) is 4.09. The molecule has 0 spiro atoms. The number of nitriles is 2. The molecule has 1 aliphatic rings. The molecular formula is C26H24F3N7O4. The minimum absolute atomic E-state index is 0.221. The second-order valence-corrected chi connectivity index (χ2v) is 8.78. The number of carbonyl (C=O) groups excluding carboxylic acids is 2. The molecule has 1 aliphatic heterocycles. The first-order chi connectivity index (χ1) is 18.9. The van der Waals surface area contributed by atoms with Crippen molar-refractivity contribution in [2.45, 2.75) is 37.5 Å². The van der Waals surface area contributed by atoms with Crippen LogP contribution in [0.5, 0.6) is 0 Å². The number of carboxylic acids is 1. The highest BCUT2D eigenvalue weighted by Crippen LogP contribution is 2.25. The largest absolute Gasteiger partial charge is 0.490 e. The summed E-state index contributed by atoms with van der Waals surface area (Å²) in [5, 5.41) is 31.7. The number of nitrogens with zero attached hydrogens (tertiary/aromatic N) is 3. The summed E-state index contributed by atoms with van der Waals surface area (Å²) < 4.78 is 31.7. The van der Waals surface area contributed by atoms with Crippen LogP contribution in [0.25, 0.3) is 10.9 Å². The summed E-state index contributed by atoms with van der Waals surface area (Å²) in [6.45, 7) is 0.555. The van der Waals surface area contributed by atoms with E-state index in [0.717, 1.165) is 22.9 Å². The fraction of sp³-hybridized carbons (Fsp3) is 0.269. The molecule has 0 saturated carbocycles. The number of anilines is 2. The first-order valence-electron chi connectivity index (χ1n) is 11.9. The van der Waals surface area contributed by atoms with Gasteiger partial charge in [0.05, 0.1) is 23.7 Å². The van der Waals surface area contributed by atoms with Gasteiger partial charge in [-0.05, 0) is 61.2 Å². The highest BCUT2D eigenvalue weighted by Gasteiger charge is 2.38. The van der Waals surface area contributed by atoms with Gasteiger partial charge in [0.15, 0.2) is 0 Å². The Bertz CT molecular complexity index is 1490. The monoisotopic (exact) mass is 555 g/mol. The number of benzene rings is 2. The molecule has 1 unspecified atom stereocenters. The normalized spacial score (nSPS) is 15.2. The maximum absolute atomic E-state index is 12.8. The van der Waals surface area contributed by atoms with Crippen LogP contribution in [0, 0.1) is 22.7 Å². The molecule has 3 aromatic rings. The Labute approximate surface area is 226 Å². The first kappa shape index (κ1) is 29.5. The average molecular weight is 556 g/mol. The number of aliphatic carboxylic acids is 1. The van der Waals surface area contributed by atoms with E-state index in [1.54, 1.807) is 41.4 Å². The van der Waals surface area contributed by atoms with E-state index < -0.39 is 30.3 Å². The minimum atomic E-state index is -5.08. The summed E-state index contributed by atoms with van der Waals surface area (Å²) in [6, 6.07) is 14.6. The molecule has 1 saturated heterocycles.